The predicted molar refractivity (Wildman–Crippen MR) is 21.9 cm³/mol. The standard InChI is InChI=1S/C4H5NO/c6-4-2-1-3-5-4/h2H,1,3H2/p+1. The van der Waals surface area contributed by atoms with Gasteiger partial charge in [-0.2, -0.15) is 0 Å². The summed E-state index contributed by atoms with van der Waals surface area (Å²) in [5.74, 6) is 0.0787. The van der Waals surface area contributed by atoms with Gasteiger partial charge in [-0.1, -0.05) is 0 Å². The summed E-state index contributed by atoms with van der Waals surface area (Å²) in [6.07, 6.45) is 2.55. The van der Waals surface area contributed by atoms with Crippen LogP contribution in [0, 0.1) is 6.42 Å². The Balaban J connectivity index is 2.37. The van der Waals surface area contributed by atoms with Crippen molar-refractivity contribution in [1.29, 1.82) is 0 Å². The van der Waals surface area contributed by atoms with E-state index in [2.05, 4.69) is 5.32 Å². The van der Waals surface area contributed by atoms with Crippen LogP contribution in [0.15, 0.2) is 0 Å². The molecule has 0 aliphatic carbocycles. The number of carbonyl (C=O) groups excluding carboxylic acids is 1. The highest BCUT2D eigenvalue weighted by atomic mass is 16.1. The molecule has 1 rings (SSSR count). The smallest absolute Gasteiger partial charge is 0.312 e. The number of carbonyl (C=O) groups is 1. The van der Waals surface area contributed by atoms with Gasteiger partial charge in [0.1, 0.15) is 6.42 Å². The molecule has 0 atom stereocenters. The van der Waals surface area contributed by atoms with Crippen LogP contribution in [0.2, 0.25) is 0 Å². The Bertz CT molecular complexity index is 61.9. The Morgan fingerprint density at radius 3 is 2.83 bits per heavy atom. The van der Waals surface area contributed by atoms with Crippen molar-refractivity contribution >= 4 is 5.91 Å². The van der Waals surface area contributed by atoms with Crippen molar-refractivity contribution in [2.75, 3.05) is 6.54 Å². The van der Waals surface area contributed by atoms with Crippen molar-refractivity contribution in [2.45, 2.75) is 6.42 Å². The zero-order chi connectivity index (χ0) is 4.41. The van der Waals surface area contributed by atoms with Gasteiger partial charge in [0, 0.05) is 0 Å². The topological polar surface area (TPSA) is 29.1 Å². The largest absolute Gasteiger partial charge is 0.402 e. The van der Waals surface area contributed by atoms with Crippen molar-refractivity contribution in [3.8, 4) is 0 Å². The summed E-state index contributed by atoms with van der Waals surface area (Å²) in [5.41, 5.74) is 0. The van der Waals surface area contributed by atoms with Crippen LogP contribution in [-0.4, -0.2) is 12.5 Å². The first-order valence-electron chi connectivity index (χ1n) is 2.00. The SMILES string of the molecule is O=C1[CH+]CCN1. The highest BCUT2D eigenvalue weighted by Gasteiger charge is 2.17. The van der Waals surface area contributed by atoms with E-state index >= 15 is 0 Å². The Kier molecular flexibility index (Phi) is 0.708. The molecule has 1 saturated heterocycles. The zero-order valence-electron chi connectivity index (χ0n) is 3.40. The van der Waals surface area contributed by atoms with E-state index in [-0.39, 0.29) is 5.91 Å². The molecule has 0 bridgehead atoms. The minimum Gasteiger partial charge on any atom is -0.312 e. The summed E-state index contributed by atoms with van der Waals surface area (Å²) in [4.78, 5) is 10.1. The third kappa shape index (κ3) is 0.455. The Labute approximate surface area is 36.5 Å². The van der Waals surface area contributed by atoms with Gasteiger partial charge in [0.15, 0.2) is 6.42 Å². The average Bonchev–Trinajstić information content (AvgIpc) is 1.86. The van der Waals surface area contributed by atoms with Gasteiger partial charge >= 0.3 is 5.91 Å². The summed E-state index contributed by atoms with van der Waals surface area (Å²) in [6, 6.07) is 0. The molecule has 0 aromatic rings. The van der Waals surface area contributed by atoms with E-state index in [0.717, 1.165) is 13.0 Å². The van der Waals surface area contributed by atoms with Crippen LogP contribution in [0.3, 0.4) is 0 Å². The minimum atomic E-state index is 0.0787. The first-order valence-corrected chi connectivity index (χ1v) is 2.00. The van der Waals surface area contributed by atoms with Gasteiger partial charge < -0.3 is 5.32 Å². The highest BCUT2D eigenvalue weighted by molar-refractivity contribution is 5.86. The lowest BCUT2D eigenvalue weighted by Gasteiger charge is -1.71. The van der Waals surface area contributed by atoms with E-state index in [1.165, 1.54) is 0 Å². The molecule has 32 valence electrons. The van der Waals surface area contributed by atoms with Crippen LogP contribution in [0.1, 0.15) is 6.42 Å². The molecule has 1 aliphatic heterocycles. The Hall–Kier alpha value is -0.660. The van der Waals surface area contributed by atoms with Gasteiger partial charge in [-0.3, -0.25) is 0 Å². The van der Waals surface area contributed by atoms with Crippen LogP contribution in [0.4, 0.5) is 0 Å². The van der Waals surface area contributed by atoms with Gasteiger partial charge in [-0.15, -0.1) is 0 Å². The van der Waals surface area contributed by atoms with Crippen LogP contribution in [0.25, 0.3) is 0 Å². The molecular formula is C4H6NO+. The van der Waals surface area contributed by atoms with Gasteiger partial charge in [0.05, 0.1) is 6.54 Å². The first-order chi connectivity index (χ1) is 2.89. The van der Waals surface area contributed by atoms with Crippen LogP contribution < -0.4 is 5.32 Å². The molecule has 1 amide bonds. The van der Waals surface area contributed by atoms with E-state index in [0.29, 0.717) is 0 Å². The highest BCUT2D eigenvalue weighted by Crippen LogP contribution is 1.91. The molecule has 2 heteroatoms. The lowest BCUT2D eigenvalue weighted by Crippen LogP contribution is -2.12. The lowest BCUT2D eigenvalue weighted by atomic mass is 10.4. The van der Waals surface area contributed by atoms with E-state index in [1.54, 1.807) is 6.42 Å². The molecule has 0 aromatic heterocycles. The van der Waals surface area contributed by atoms with Crippen molar-refractivity contribution in [1.82, 2.24) is 5.32 Å². The normalized spacial score (nSPS) is 19.7. The monoisotopic (exact) mass is 84.0 g/mol. The van der Waals surface area contributed by atoms with E-state index < -0.39 is 0 Å². The molecule has 2 nitrogen and oxygen atoms in total. The number of rotatable bonds is 0. The zero-order valence-corrected chi connectivity index (χ0v) is 3.40. The second-order valence-corrected chi connectivity index (χ2v) is 1.28. The first kappa shape index (κ1) is 3.53. The van der Waals surface area contributed by atoms with Gasteiger partial charge in [-0.05, 0) is 0 Å². The molecule has 0 spiro atoms. The van der Waals surface area contributed by atoms with Gasteiger partial charge in [0.25, 0.3) is 0 Å². The van der Waals surface area contributed by atoms with Crippen LogP contribution in [-0.2, 0) is 4.79 Å². The van der Waals surface area contributed by atoms with Crippen molar-refractivity contribution in [3.63, 3.8) is 0 Å². The van der Waals surface area contributed by atoms with Gasteiger partial charge in [0.2, 0.25) is 0 Å². The molecule has 1 heterocycles. The maximum atomic E-state index is 10.1. The molecule has 0 saturated carbocycles. The molecule has 1 N–H and O–H groups in total. The fourth-order valence-electron chi connectivity index (χ4n) is 0.471. The maximum absolute atomic E-state index is 10.1. The van der Waals surface area contributed by atoms with E-state index in [4.69, 9.17) is 0 Å². The number of hydrogen-bond donors (Lipinski definition) is 1. The lowest BCUT2D eigenvalue weighted by molar-refractivity contribution is -0.116. The Morgan fingerprint density at radius 1 is 1.83 bits per heavy atom. The van der Waals surface area contributed by atoms with Gasteiger partial charge in [-0.25, -0.2) is 4.79 Å². The molecule has 0 unspecified atom stereocenters. The predicted octanol–water partition coefficient (Wildman–Crippen LogP) is -0.289. The van der Waals surface area contributed by atoms with Crippen LogP contribution in [0.5, 0.6) is 0 Å². The molecule has 0 radical (unpaired) electrons. The minimum absolute atomic E-state index is 0.0787. The second-order valence-electron chi connectivity index (χ2n) is 1.28. The quantitative estimate of drug-likeness (QED) is 0.401. The molecule has 1 aliphatic rings. The summed E-state index contributed by atoms with van der Waals surface area (Å²) in [6.45, 7) is 0.832. The van der Waals surface area contributed by atoms with Crippen molar-refractivity contribution in [3.05, 3.63) is 6.42 Å². The third-order valence-corrected chi connectivity index (χ3v) is 0.773. The fraction of sp³-hybridized carbons (Fsp3) is 0.500. The summed E-state index contributed by atoms with van der Waals surface area (Å²) < 4.78 is 0. The summed E-state index contributed by atoms with van der Waals surface area (Å²) in [5, 5.41) is 2.62. The Morgan fingerprint density at radius 2 is 2.67 bits per heavy atom. The summed E-state index contributed by atoms with van der Waals surface area (Å²) in [7, 11) is 0. The van der Waals surface area contributed by atoms with E-state index in [1.807, 2.05) is 0 Å². The fourth-order valence-corrected chi connectivity index (χ4v) is 0.471. The third-order valence-electron chi connectivity index (χ3n) is 0.773. The average molecular weight is 84.1 g/mol. The second kappa shape index (κ2) is 1.20. The number of nitrogens with one attached hydrogen (secondary N) is 1. The molecule has 0 aromatic carbocycles. The molecular weight excluding hydrogens is 78.0 g/mol. The maximum Gasteiger partial charge on any atom is 0.402 e. The summed E-state index contributed by atoms with van der Waals surface area (Å²) >= 11 is 0. The molecule has 1 fully saturated rings. The van der Waals surface area contributed by atoms with Crippen molar-refractivity contribution in [2.24, 2.45) is 0 Å². The van der Waals surface area contributed by atoms with E-state index in [9.17, 15) is 4.79 Å². The molecule has 6 heavy (non-hydrogen) atoms. The number of hydrogen-bond acceptors (Lipinski definition) is 1. The number of amides is 1. The van der Waals surface area contributed by atoms with Crippen molar-refractivity contribution < 1.29 is 4.79 Å². The van der Waals surface area contributed by atoms with Crippen LogP contribution >= 0.6 is 0 Å².